The van der Waals surface area contributed by atoms with Crippen molar-refractivity contribution in [2.75, 3.05) is 6.54 Å². The Morgan fingerprint density at radius 1 is 1.32 bits per heavy atom. The van der Waals surface area contributed by atoms with Crippen LogP contribution in [0.5, 0.6) is 5.75 Å². The van der Waals surface area contributed by atoms with Crippen LogP contribution in [0, 0.1) is 17.2 Å². The molecule has 0 spiro atoms. The molecule has 0 fully saturated rings. The summed E-state index contributed by atoms with van der Waals surface area (Å²) in [5.41, 5.74) is 1.82. The van der Waals surface area contributed by atoms with Gasteiger partial charge in [0.1, 0.15) is 5.75 Å². The van der Waals surface area contributed by atoms with E-state index in [1.807, 2.05) is 45.0 Å². The van der Waals surface area contributed by atoms with Gasteiger partial charge >= 0.3 is 0 Å². The topological polar surface area (TPSA) is 92.8 Å². The minimum Gasteiger partial charge on any atom is -0.491 e. The highest BCUT2D eigenvalue weighted by atomic mass is 16.5. The van der Waals surface area contributed by atoms with Gasteiger partial charge in [-0.15, -0.1) is 5.10 Å². The van der Waals surface area contributed by atoms with Crippen LogP contribution in [0.4, 0.5) is 0 Å². The molecular formula is C18H23N5O2. The monoisotopic (exact) mass is 341 g/mol. The van der Waals surface area contributed by atoms with Gasteiger partial charge in [-0.1, -0.05) is 12.1 Å². The van der Waals surface area contributed by atoms with E-state index in [2.05, 4.69) is 21.7 Å². The highest BCUT2D eigenvalue weighted by Crippen LogP contribution is 2.19. The van der Waals surface area contributed by atoms with Crippen molar-refractivity contribution in [3.05, 3.63) is 35.7 Å². The number of hydrogen-bond acceptors (Lipinski definition) is 5. The van der Waals surface area contributed by atoms with Crippen molar-refractivity contribution >= 4 is 5.91 Å². The normalized spacial score (nSPS) is 11.8. The first-order valence-corrected chi connectivity index (χ1v) is 8.35. The van der Waals surface area contributed by atoms with E-state index >= 15 is 0 Å². The quantitative estimate of drug-likeness (QED) is 0.835. The Bertz CT molecular complexity index is 759. The molecule has 0 aliphatic rings. The summed E-state index contributed by atoms with van der Waals surface area (Å²) in [6.07, 6.45) is 0.711. The van der Waals surface area contributed by atoms with Crippen LogP contribution >= 0.6 is 0 Å². The van der Waals surface area contributed by atoms with Crippen molar-refractivity contribution in [3.63, 3.8) is 0 Å². The molecule has 0 bridgehead atoms. The lowest BCUT2D eigenvalue weighted by atomic mass is 10.2. The standard InChI is InChI=1S/C18H23N5O2/c1-5-16-17(18(24)20-11-13(4)10-19)21-22-23(16)14-6-8-15(9-7-14)25-12(2)3/h6-9,12-13H,5,11H2,1-4H3,(H,20,24). The maximum absolute atomic E-state index is 12.3. The molecule has 7 heteroatoms. The molecule has 2 rings (SSSR count). The molecule has 0 aliphatic heterocycles. The summed E-state index contributed by atoms with van der Waals surface area (Å²) in [5, 5.41) is 19.7. The SMILES string of the molecule is CCc1c(C(=O)NCC(C)C#N)nnn1-c1ccc(OC(C)C)cc1. The van der Waals surface area contributed by atoms with Crippen molar-refractivity contribution < 1.29 is 9.53 Å². The van der Waals surface area contributed by atoms with Gasteiger partial charge in [0.15, 0.2) is 5.69 Å². The van der Waals surface area contributed by atoms with Crippen LogP contribution in [0.1, 0.15) is 43.9 Å². The zero-order chi connectivity index (χ0) is 18.4. The molecule has 0 saturated carbocycles. The Labute approximate surface area is 147 Å². The van der Waals surface area contributed by atoms with E-state index < -0.39 is 0 Å². The minimum absolute atomic E-state index is 0.106. The summed E-state index contributed by atoms with van der Waals surface area (Å²) in [6.45, 7) is 7.92. The molecule has 1 N–H and O–H groups in total. The molecular weight excluding hydrogens is 318 g/mol. The summed E-state index contributed by atoms with van der Waals surface area (Å²) in [4.78, 5) is 12.3. The fourth-order valence-electron chi connectivity index (χ4n) is 2.32. The van der Waals surface area contributed by atoms with Gasteiger partial charge in [-0.05, 0) is 51.5 Å². The molecule has 1 heterocycles. The summed E-state index contributed by atoms with van der Waals surface area (Å²) in [6, 6.07) is 9.57. The number of carbonyl (C=O) groups is 1. The Kier molecular flexibility index (Phi) is 6.12. The first-order chi connectivity index (χ1) is 12.0. The number of benzene rings is 1. The summed E-state index contributed by atoms with van der Waals surface area (Å²) in [7, 11) is 0. The third-order valence-corrected chi connectivity index (χ3v) is 3.56. The van der Waals surface area contributed by atoms with E-state index in [1.165, 1.54) is 0 Å². The van der Waals surface area contributed by atoms with Gasteiger partial charge in [-0.25, -0.2) is 4.68 Å². The molecule has 2 aromatic rings. The lowest BCUT2D eigenvalue weighted by Gasteiger charge is -2.11. The van der Waals surface area contributed by atoms with Crippen molar-refractivity contribution in [2.24, 2.45) is 5.92 Å². The molecule has 1 unspecified atom stereocenters. The Balaban J connectivity index is 2.21. The average Bonchev–Trinajstić information content (AvgIpc) is 3.03. The predicted octanol–water partition coefficient (Wildman–Crippen LogP) is 2.51. The fraction of sp³-hybridized carbons (Fsp3) is 0.444. The van der Waals surface area contributed by atoms with Crippen LogP contribution in [0.15, 0.2) is 24.3 Å². The number of ether oxygens (including phenoxy) is 1. The molecule has 25 heavy (non-hydrogen) atoms. The molecule has 7 nitrogen and oxygen atoms in total. The predicted molar refractivity (Wildman–Crippen MR) is 93.6 cm³/mol. The van der Waals surface area contributed by atoms with Crippen molar-refractivity contribution in [3.8, 4) is 17.5 Å². The first kappa shape index (κ1) is 18.5. The number of nitriles is 1. The van der Waals surface area contributed by atoms with Gasteiger partial charge in [0.05, 0.1) is 29.5 Å². The third kappa shape index (κ3) is 4.57. The van der Waals surface area contributed by atoms with Gasteiger partial charge in [0, 0.05) is 6.54 Å². The van der Waals surface area contributed by atoms with Gasteiger partial charge in [-0.3, -0.25) is 4.79 Å². The molecule has 0 aliphatic carbocycles. The van der Waals surface area contributed by atoms with Gasteiger partial charge in [-0.2, -0.15) is 5.26 Å². The number of carbonyl (C=O) groups excluding carboxylic acids is 1. The summed E-state index contributed by atoms with van der Waals surface area (Å²) in [5.74, 6) is 0.211. The van der Waals surface area contributed by atoms with E-state index in [-0.39, 0.29) is 30.2 Å². The second-order valence-corrected chi connectivity index (χ2v) is 6.05. The van der Waals surface area contributed by atoms with Crippen molar-refractivity contribution in [1.82, 2.24) is 20.3 Å². The van der Waals surface area contributed by atoms with E-state index in [9.17, 15) is 4.79 Å². The van der Waals surface area contributed by atoms with Crippen LogP contribution in [-0.4, -0.2) is 33.5 Å². The Morgan fingerprint density at radius 3 is 2.56 bits per heavy atom. The van der Waals surface area contributed by atoms with E-state index in [4.69, 9.17) is 10.00 Å². The lowest BCUT2D eigenvalue weighted by molar-refractivity contribution is 0.0944. The number of rotatable bonds is 7. The van der Waals surface area contributed by atoms with Crippen molar-refractivity contribution in [1.29, 1.82) is 5.26 Å². The van der Waals surface area contributed by atoms with Gasteiger partial charge < -0.3 is 10.1 Å². The zero-order valence-corrected chi connectivity index (χ0v) is 15.0. The van der Waals surface area contributed by atoms with E-state index in [0.29, 0.717) is 6.42 Å². The summed E-state index contributed by atoms with van der Waals surface area (Å²) >= 11 is 0. The zero-order valence-electron chi connectivity index (χ0n) is 15.0. The van der Waals surface area contributed by atoms with Crippen LogP contribution in [0.25, 0.3) is 5.69 Å². The molecule has 1 aromatic carbocycles. The second-order valence-electron chi connectivity index (χ2n) is 6.05. The number of amides is 1. The highest BCUT2D eigenvalue weighted by molar-refractivity contribution is 5.93. The fourth-order valence-corrected chi connectivity index (χ4v) is 2.32. The molecule has 1 amide bonds. The maximum Gasteiger partial charge on any atom is 0.273 e. The number of aromatic nitrogens is 3. The number of nitrogens with zero attached hydrogens (tertiary/aromatic N) is 4. The van der Waals surface area contributed by atoms with Gasteiger partial charge in [0.25, 0.3) is 5.91 Å². The largest absolute Gasteiger partial charge is 0.491 e. The number of nitrogens with one attached hydrogen (secondary N) is 1. The minimum atomic E-state index is -0.315. The smallest absolute Gasteiger partial charge is 0.273 e. The summed E-state index contributed by atoms with van der Waals surface area (Å²) < 4.78 is 7.29. The number of hydrogen-bond donors (Lipinski definition) is 1. The maximum atomic E-state index is 12.3. The van der Waals surface area contributed by atoms with Crippen molar-refractivity contribution in [2.45, 2.75) is 40.2 Å². The van der Waals surface area contributed by atoms with Crippen LogP contribution in [-0.2, 0) is 6.42 Å². The van der Waals surface area contributed by atoms with Gasteiger partial charge in [0.2, 0.25) is 0 Å². The second kappa shape index (κ2) is 8.29. The average molecular weight is 341 g/mol. The molecule has 1 aromatic heterocycles. The van der Waals surface area contributed by atoms with E-state index in [1.54, 1.807) is 11.6 Å². The Hall–Kier alpha value is -2.88. The highest BCUT2D eigenvalue weighted by Gasteiger charge is 2.19. The third-order valence-electron chi connectivity index (χ3n) is 3.56. The lowest BCUT2D eigenvalue weighted by Crippen LogP contribution is -2.29. The van der Waals surface area contributed by atoms with Crippen LogP contribution in [0.3, 0.4) is 0 Å². The molecule has 0 saturated heterocycles. The van der Waals surface area contributed by atoms with Crippen LogP contribution in [0.2, 0.25) is 0 Å². The molecule has 0 radical (unpaired) electrons. The Morgan fingerprint density at radius 2 is 2.00 bits per heavy atom. The van der Waals surface area contributed by atoms with Crippen LogP contribution < -0.4 is 10.1 Å². The first-order valence-electron chi connectivity index (χ1n) is 8.35. The molecule has 1 atom stereocenters. The molecule has 132 valence electrons. The van der Waals surface area contributed by atoms with E-state index in [0.717, 1.165) is 17.1 Å².